The predicted molar refractivity (Wildman–Crippen MR) is 74.2 cm³/mol. The van der Waals surface area contributed by atoms with Gasteiger partial charge in [-0.15, -0.1) is 0 Å². The smallest absolute Gasteiger partial charge is 0.0625 e. The second-order valence-corrected chi connectivity index (χ2v) is 7.01. The minimum atomic E-state index is 0.454. The van der Waals surface area contributed by atoms with E-state index < -0.39 is 0 Å². The van der Waals surface area contributed by atoms with Crippen molar-refractivity contribution in [2.24, 2.45) is 17.3 Å². The highest BCUT2D eigenvalue weighted by atomic mass is 16.5. The Kier molecular flexibility index (Phi) is 5.46. The predicted octanol–water partition coefficient (Wildman–Crippen LogP) is 3.46. The Labute approximate surface area is 108 Å². The fourth-order valence-corrected chi connectivity index (χ4v) is 3.23. The van der Waals surface area contributed by atoms with E-state index in [0.29, 0.717) is 23.5 Å². The molecule has 0 radical (unpaired) electrons. The van der Waals surface area contributed by atoms with Gasteiger partial charge in [0.2, 0.25) is 0 Å². The van der Waals surface area contributed by atoms with Crippen LogP contribution in [-0.4, -0.2) is 25.8 Å². The van der Waals surface area contributed by atoms with Crippen LogP contribution >= 0.6 is 0 Å². The molecule has 2 heteroatoms. The number of hydrogen-bond donors (Lipinski definition) is 1. The van der Waals surface area contributed by atoms with Gasteiger partial charge in [-0.2, -0.15) is 0 Å². The van der Waals surface area contributed by atoms with Crippen LogP contribution in [0.15, 0.2) is 0 Å². The molecule has 1 rings (SSSR count). The highest BCUT2D eigenvalue weighted by molar-refractivity contribution is 4.84. The third-order valence-electron chi connectivity index (χ3n) is 4.03. The monoisotopic (exact) mass is 241 g/mol. The lowest BCUT2D eigenvalue weighted by molar-refractivity contribution is -0.0339. The van der Waals surface area contributed by atoms with Crippen LogP contribution in [0.2, 0.25) is 0 Å². The van der Waals surface area contributed by atoms with Crippen molar-refractivity contribution in [2.45, 2.75) is 66.0 Å². The number of rotatable bonds is 5. The molecule has 0 aliphatic heterocycles. The van der Waals surface area contributed by atoms with Crippen molar-refractivity contribution >= 4 is 0 Å². The average Bonchev–Trinajstić information content (AvgIpc) is 2.14. The van der Waals surface area contributed by atoms with E-state index in [1.165, 1.54) is 19.3 Å². The van der Waals surface area contributed by atoms with Crippen LogP contribution in [0, 0.1) is 17.3 Å². The Morgan fingerprint density at radius 1 is 1.29 bits per heavy atom. The fraction of sp³-hybridized carbons (Fsp3) is 1.00. The molecule has 3 atom stereocenters. The number of ether oxygens (including phenoxy) is 1. The van der Waals surface area contributed by atoms with Crippen molar-refractivity contribution in [1.29, 1.82) is 0 Å². The zero-order valence-corrected chi connectivity index (χ0v) is 12.5. The van der Waals surface area contributed by atoms with Gasteiger partial charge in [0, 0.05) is 6.04 Å². The molecule has 0 aromatic carbocycles. The first kappa shape index (κ1) is 15.0. The van der Waals surface area contributed by atoms with Crippen molar-refractivity contribution in [3.8, 4) is 0 Å². The second-order valence-electron chi connectivity index (χ2n) is 7.01. The standard InChI is InChI=1S/C15H31NO/c1-11(2)14(16-6)10-17-13-7-12(3)8-15(4,5)9-13/h11-14,16H,7-10H2,1-6H3. The first-order valence-electron chi connectivity index (χ1n) is 7.13. The van der Waals surface area contributed by atoms with Gasteiger partial charge in [-0.3, -0.25) is 0 Å². The molecule has 1 fully saturated rings. The molecule has 1 N–H and O–H groups in total. The average molecular weight is 241 g/mol. The zero-order valence-electron chi connectivity index (χ0n) is 12.5. The van der Waals surface area contributed by atoms with Gasteiger partial charge in [-0.1, -0.05) is 34.6 Å². The SMILES string of the molecule is CNC(COC1CC(C)CC(C)(C)C1)C(C)C. The van der Waals surface area contributed by atoms with E-state index in [-0.39, 0.29) is 0 Å². The van der Waals surface area contributed by atoms with E-state index in [1.807, 2.05) is 7.05 Å². The molecule has 0 aromatic rings. The molecule has 1 aliphatic rings. The van der Waals surface area contributed by atoms with Gasteiger partial charge in [-0.05, 0) is 43.6 Å². The molecular formula is C15H31NO. The van der Waals surface area contributed by atoms with E-state index in [2.05, 4.69) is 39.9 Å². The van der Waals surface area contributed by atoms with Crippen LogP contribution < -0.4 is 5.32 Å². The van der Waals surface area contributed by atoms with Crippen LogP contribution in [0.5, 0.6) is 0 Å². The summed E-state index contributed by atoms with van der Waals surface area (Å²) in [5.74, 6) is 1.44. The lowest BCUT2D eigenvalue weighted by Gasteiger charge is -2.39. The first-order valence-corrected chi connectivity index (χ1v) is 7.13. The molecule has 0 saturated heterocycles. The quantitative estimate of drug-likeness (QED) is 0.796. The van der Waals surface area contributed by atoms with Crippen LogP contribution in [0.3, 0.4) is 0 Å². The third-order valence-corrected chi connectivity index (χ3v) is 4.03. The van der Waals surface area contributed by atoms with Gasteiger partial charge < -0.3 is 10.1 Å². The Morgan fingerprint density at radius 2 is 1.94 bits per heavy atom. The molecular weight excluding hydrogens is 210 g/mol. The van der Waals surface area contributed by atoms with E-state index >= 15 is 0 Å². The third kappa shape index (κ3) is 4.97. The van der Waals surface area contributed by atoms with E-state index in [1.54, 1.807) is 0 Å². The minimum Gasteiger partial charge on any atom is -0.377 e. The molecule has 0 spiro atoms. The molecule has 2 nitrogen and oxygen atoms in total. The molecule has 3 unspecified atom stereocenters. The summed E-state index contributed by atoms with van der Waals surface area (Å²) in [4.78, 5) is 0. The van der Waals surface area contributed by atoms with Crippen molar-refractivity contribution in [2.75, 3.05) is 13.7 Å². The van der Waals surface area contributed by atoms with E-state index in [4.69, 9.17) is 4.74 Å². The summed E-state index contributed by atoms with van der Waals surface area (Å²) >= 11 is 0. The van der Waals surface area contributed by atoms with E-state index in [9.17, 15) is 0 Å². The van der Waals surface area contributed by atoms with Crippen LogP contribution in [0.1, 0.15) is 53.9 Å². The Morgan fingerprint density at radius 3 is 2.41 bits per heavy atom. The van der Waals surface area contributed by atoms with Crippen molar-refractivity contribution in [3.05, 3.63) is 0 Å². The zero-order chi connectivity index (χ0) is 13.1. The highest BCUT2D eigenvalue weighted by Crippen LogP contribution is 2.39. The maximum atomic E-state index is 6.14. The van der Waals surface area contributed by atoms with Gasteiger partial charge in [0.1, 0.15) is 0 Å². The fourth-order valence-electron chi connectivity index (χ4n) is 3.23. The first-order chi connectivity index (χ1) is 7.84. The van der Waals surface area contributed by atoms with Gasteiger partial charge in [-0.25, -0.2) is 0 Å². The molecule has 0 amide bonds. The number of hydrogen-bond acceptors (Lipinski definition) is 2. The van der Waals surface area contributed by atoms with Crippen LogP contribution in [0.4, 0.5) is 0 Å². The molecule has 0 aromatic heterocycles. The summed E-state index contributed by atoms with van der Waals surface area (Å²) in [6, 6.07) is 0.482. The van der Waals surface area contributed by atoms with E-state index in [0.717, 1.165) is 12.5 Å². The molecule has 17 heavy (non-hydrogen) atoms. The molecule has 1 aliphatic carbocycles. The largest absolute Gasteiger partial charge is 0.377 e. The maximum absolute atomic E-state index is 6.14. The summed E-state index contributed by atoms with van der Waals surface area (Å²) in [6.45, 7) is 12.4. The summed E-state index contributed by atoms with van der Waals surface area (Å²) in [7, 11) is 2.03. The lowest BCUT2D eigenvalue weighted by atomic mass is 9.71. The summed E-state index contributed by atoms with van der Waals surface area (Å²) < 4.78 is 6.14. The Bertz CT molecular complexity index is 225. The Hall–Kier alpha value is -0.0800. The highest BCUT2D eigenvalue weighted by Gasteiger charge is 2.32. The van der Waals surface area contributed by atoms with Gasteiger partial charge >= 0.3 is 0 Å². The van der Waals surface area contributed by atoms with Crippen LogP contribution in [0.25, 0.3) is 0 Å². The van der Waals surface area contributed by atoms with Crippen molar-refractivity contribution in [1.82, 2.24) is 5.32 Å². The van der Waals surface area contributed by atoms with Gasteiger partial charge in [0.25, 0.3) is 0 Å². The van der Waals surface area contributed by atoms with Crippen molar-refractivity contribution < 1.29 is 4.74 Å². The molecule has 0 heterocycles. The minimum absolute atomic E-state index is 0.454. The normalized spacial score (nSPS) is 30.5. The maximum Gasteiger partial charge on any atom is 0.0625 e. The summed E-state index contributed by atoms with van der Waals surface area (Å²) in [5.41, 5.74) is 0.454. The summed E-state index contributed by atoms with van der Waals surface area (Å²) in [6.07, 6.45) is 4.25. The second kappa shape index (κ2) is 6.19. The molecule has 1 saturated carbocycles. The van der Waals surface area contributed by atoms with Gasteiger partial charge in [0.15, 0.2) is 0 Å². The molecule has 102 valence electrons. The number of likely N-dealkylation sites (N-methyl/N-ethyl adjacent to an activating group) is 1. The number of nitrogens with one attached hydrogen (secondary N) is 1. The van der Waals surface area contributed by atoms with Gasteiger partial charge in [0.05, 0.1) is 12.7 Å². The Balaban J connectivity index is 2.41. The topological polar surface area (TPSA) is 21.3 Å². The molecule has 0 bridgehead atoms. The van der Waals surface area contributed by atoms with Crippen molar-refractivity contribution in [3.63, 3.8) is 0 Å². The summed E-state index contributed by atoms with van der Waals surface area (Å²) in [5, 5.41) is 3.35. The lowest BCUT2D eigenvalue weighted by Crippen LogP contribution is -2.39. The van der Waals surface area contributed by atoms with Crippen LogP contribution in [-0.2, 0) is 4.74 Å².